The first-order valence-corrected chi connectivity index (χ1v) is 13.8. The van der Waals surface area contributed by atoms with Gasteiger partial charge >= 0.3 is 0 Å². The molecule has 2 aromatic carbocycles. The van der Waals surface area contributed by atoms with Gasteiger partial charge in [0.05, 0.1) is 24.0 Å². The molecular formula is C21H21N3O5S3. The van der Waals surface area contributed by atoms with Crippen LogP contribution in [0, 0.1) is 0 Å². The zero-order valence-electron chi connectivity index (χ0n) is 17.3. The lowest BCUT2D eigenvalue weighted by Crippen LogP contribution is -2.26. The fourth-order valence-corrected chi connectivity index (χ4v) is 6.25. The fraction of sp³-hybridized carbons (Fsp3) is 0.190. The SMILES string of the molecule is COc1ccc(S(=O)(=O)N2N=C(c3ccc(NS(C)(=O)=O)cc3)CC2c2cccs2)cc1. The second kappa shape index (κ2) is 8.57. The Kier molecular flexibility index (Phi) is 5.97. The second-order valence-electron chi connectivity index (χ2n) is 7.19. The summed E-state index contributed by atoms with van der Waals surface area (Å²) >= 11 is 1.47. The molecule has 0 aliphatic carbocycles. The van der Waals surface area contributed by atoms with Gasteiger partial charge in [-0.3, -0.25) is 4.72 Å². The summed E-state index contributed by atoms with van der Waals surface area (Å²) in [7, 11) is -5.78. The molecule has 1 aliphatic rings. The van der Waals surface area contributed by atoms with Gasteiger partial charge in [0.25, 0.3) is 10.0 Å². The largest absolute Gasteiger partial charge is 0.497 e. The van der Waals surface area contributed by atoms with Crippen molar-refractivity contribution in [1.29, 1.82) is 0 Å². The Bertz CT molecular complexity index is 1330. The summed E-state index contributed by atoms with van der Waals surface area (Å²) in [6.45, 7) is 0. The van der Waals surface area contributed by atoms with E-state index in [4.69, 9.17) is 4.74 Å². The van der Waals surface area contributed by atoms with E-state index in [9.17, 15) is 16.8 Å². The van der Waals surface area contributed by atoms with Crippen molar-refractivity contribution in [2.45, 2.75) is 17.4 Å². The lowest BCUT2D eigenvalue weighted by molar-refractivity contribution is 0.375. The fourth-order valence-electron chi connectivity index (χ4n) is 3.38. The summed E-state index contributed by atoms with van der Waals surface area (Å²) in [5.74, 6) is 0.562. The van der Waals surface area contributed by atoms with Gasteiger partial charge in [0.1, 0.15) is 11.8 Å². The molecule has 0 fully saturated rings. The summed E-state index contributed by atoms with van der Waals surface area (Å²) in [5, 5.41) is 6.39. The monoisotopic (exact) mass is 491 g/mol. The maximum Gasteiger partial charge on any atom is 0.279 e. The predicted molar refractivity (Wildman–Crippen MR) is 125 cm³/mol. The van der Waals surface area contributed by atoms with Crippen LogP contribution in [-0.2, 0) is 20.0 Å². The first kappa shape index (κ1) is 22.3. The molecule has 11 heteroatoms. The highest BCUT2D eigenvalue weighted by atomic mass is 32.2. The standard InChI is InChI=1S/C21H21N3O5S3/c1-29-17-9-11-18(12-10-17)32(27,28)24-20(21-4-3-13-30-21)14-19(22-24)15-5-7-16(8-6-15)23-31(2,25)26/h3-13,20,23H,14H2,1-2H3. The van der Waals surface area contributed by atoms with Crippen molar-refractivity contribution in [2.75, 3.05) is 18.1 Å². The van der Waals surface area contributed by atoms with Crippen LogP contribution >= 0.6 is 11.3 Å². The van der Waals surface area contributed by atoms with Crippen LogP contribution in [0.4, 0.5) is 5.69 Å². The lowest BCUT2D eigenvalue weighted by Gasteiger charge is -2.22. The van der Waals surface area contributed by atoms with E-state index >= 15 is 0 Å². The Morgan fingerprint density at radius 3 is 2.28 bits per heavy atom. The topological polar surface area (TPSA) is 105 Å². The van der Waals surface area contributed by atoms with E-state index in [-0.39, 0.29) is 4.90 Å². The van der Waals surface area contributed by atoms with E-state index in [1.165, 1.54) is 35.0 Å². The highest BCUT2D eigenvalue weighted by Crippen LogP contribution is 2.39. The number of hydrogen-bond acceptors (Lipinski definition) is 7. The van der Waals surface area contributed by atoms with Crippen molar-refractivity contribution < 1.29 is 21.6 Å². The summed E-state index contributed by atoms with van der Waals surface area (Å²) in [5.41, 5.74) is 1.75. The Balaban J connectivity index is 1.70. The van der Waals surface area contributed by atoms with Crippen LogP contribution in [0.25, 0.3) is 0 Å². The number of nitrogens with one attached hydrogen (secondary N) is 1. The number of ether oxygens (including phenoxy) is 1. The minimum Gasteiger partial charge on any atom is -0.497 e. The molecule has 3 aromatic rings. The molecule has 1 N–H and O–H groups in total. The molecule has 0 bridgehead atoms. The molecule has 0 saturated heterocycles. The molecule has 1 aliphatic heterocycles. The summed E-state index contributed by atoms with van der Waals surface area (Å²) in [6, 6.07) is 16.2. The molecule has 1 aromatic heterocycles. The summed E-state index contributed by atoms with van der Waals surface area (Å²) < 4.78 is 58.4. The molecule has 1 atom stereocenters. The van der Waals surface area contributed by atoms with Crippen LogP contribution in [-0.4, -0.2) is 40.3 Å². The van der Waals surface area contributed by atoms with Crippen LogP contribution in [0.3, 0.4) is 0 Å². The van der Waals surface area contributed by atoms with E-state index in [1.807, 2.05) is 17.5 Å². The Hall–Kier alpha value is -2.89. The highest BCUT2D eigenvalue weighted by molar-refractivity contribution is 7.92. The molecular weight excluding hydrogens is 470 g/mol. The van der Waals surface area contributed by atoms with Gasteiger partial charge in [0.15, 0.2) is 0 Å². The van der Waals surface area contributed by atoms with Crippen LogP contribution in [0.5, 0.6) is 5.75 Å². The molecule has 0 amide bonds. The van der Waals surface area contributed by atoms with Gasteiger partial charge in [-0.25, -0.2) is 8.42 Å². The molecule has 4 rings (SSSR count). The smallest absolute Gasteiger partial charge is 0.279 e. The molecule has 1 unspecified atom stereocenters. The van der Waals surface area contributed by atoms with E-state index in [2.05, 4.69) is 9.82 Å². The number of rotatable bonds is 7. The van der Waals surface area contributed by atoms with Crippen molar-refractivity contribution in [3.63, 3.8) is 0 Å². The third kappa shape index (κ3) is 4.64. The minimum absolute atomic E-state index is 0.123. The molecule has 0 saturated carbocycles. The average Bonchev–Trinajstić information content (AvgIpc) is 3.43. The number of hydrazone groups is 1. The van der Waals surface area contributed by atoms with Crippen LogP contribution in [0.2, 0.25) is 0 Å². The summed E-state index contributed by atoms with van der Waals surface area (Å²) in [4.78, 5) is 1.01. The molecule has 0 radical (unpaired) electrons. The predicted octanol–water partition coefficient (Wildman–Crippen LogP) is 3.67. The third-order valence-corrected chi connectivity index (χ3v) is 8.15. The Labute approximate surface area is 191 Å². The number of benzene rings is 2. The molecule has 0 spiro atoms. The summed E-state index contributed by atoms with van der Waals surface area (Å²) in [6.07, 6.45) is 1.48. The van der Waals surface area contributed by atoms with Crippen molar-refractivity contribution >= 4 is 42.8 Å². The van der Waals surface area contributed by atoms with Gasteiger partial charge < -0.3 is 4.74 Å². The zero-order valence-corrected chi connectivity index (χ0v) is 19.7. The second-order valence-corrected chi connectivity index (χ2v) is 11.7. The number of hydrogen-bond donors (Lipinski definition) is 1. The van der Waals surface area contributed by atoms with Gasteiger partial charge in [-0.1, -0.05) is 18.2 Å². The van der Waals surface area contributed by atoms with E-state index < -0.39 is 26.1 Å². The Morgan fingerprint density at radius 1 is 1.03 bits per heavy atom. The van der Waals surface area contributed by atoms with Gasteiger partial charge in [-0.2, -0.15) is 17.9 Å². The van der Waals surface area contributed by atoms with Gasteiger partial charge in [-0.15, -0.1) is 11.3 Å². The van der Waals surface area contributed by atoms with Crippen LogP contribution in [0.1, 0.15) is 22.9 Å². The molecule has 8 nitrogen and oxygen atoms in total. The van der Waals surface area contributed by atoms with Crippen molar-refractivity contribution in [3.05, 3.63) is 76.5 Å². The van der Waals surface area contributed by atoms with Gasteiger partial charge in [0, 0.05) is 17.0 Å². The number of sulfonamides is 2. The van der Waals surface area contributed by atoms with E-state index in [0.717, 1.165) is 16.7 Å². The number of nitrogens with zero attached hydrogens (tertiary/aromatic N) is 2. The minimum atomic E-state index is -3.91. The maximum absolute atomic E-state index is 13.4. The van der Waals surface area contributed by atoms with Gasteiger partial charge in [0.2, 0.25) is 10.0 Å². The normalized spacial score (nSPS) is 16.6. The van der Waals surface area contributed by atoms with E-state index in [0.29, 0.717) is 23.6 Å². The van der Waals surface area contributed by atoms with Crippen molar-refractivity contribution in [3.8, 4) is 5.75 Å². The first-order chi connectivity index (χ1) is 15.2. The zero-order chi connectivity index (χ0) is 22.9. The maximum atomic E-state index is 13.4. The number of anilines is 1. The molecule has 168 valence electrons. The van der Waals surface area contributed by atoms with Crippen molar-refractivity contribution in [2.24, 2.45) is 5.10 Å². The number of methoxy groups -OCH3 is 1. The quantitative estimate of drug-likeness (QED) is 0.543. The average molecular weight is 492 g/mol. The van der Waals surface area contributed by atoms with Crippen LogP contribution < -0.4 is 9.46 Å². The van der Waals surface area contributed by atoms with Crippen LogP contribution in [0.15, 0.2) is 76.0 Å². The molecule has 32 heavy (non-hydrogen) atoms. The van der Waals surface area contributed by atoms with Crippen molar-refractivity contribution in [1.82, 2.24) is 4.41 Å². The Morgan fingerprint density at radius 2 is 1.72 bits per heavy atom. The third-order valence-electron chi connectivity index (χ3n) is 4.87. The van der Waals surface area contributed by atoms with Gasteiger partial charge in [-0.05, 0) is 53.4 Å². The molecule has 2 heterocycles. The first-order valence-electron chi connectivity index (χ1n) is 9.55. The highest BCUT2D eigenvalue weighted by Gasteiger charge is 2.38. The van der Waals surface area contributed by atoms with E-state index in [1.54, 1.807) is 36.4 Å². The lowest BCUT2D eigenvalue weighted by atomic mass is 10.0. The number of thiophene rings is 1.